The van der Waals surface area contributed by atoms with E-state index in [-0.39, 0.29) is 0 Å². The van der Waals surface area contributed by atoms with E-state index >= 15 is 0 Å². The number of nitrogens with zero attached hydrogens (tertiary/aromatic N) is 3. The third kappa shape index (κ3) is 15.8. The fraction of sp³-hybridized carbons (Fsp3) is 0.174. The normalized spacial score (nSPS) is 12.8. The third-order valence-corrected chi connectivity index (χ3v) is 25.6. The minimum Gasteiger partial charge on any atom is -0.454 e. The molecule has 0 saturated heterocycles. The summed E-state index contributed by atoms with van der Waals surface area (Å²) in [4.78, 5) is 0. The lowest BCUT2D eigenvalue weighted by Gasteiger charge is -2.32. The molecule has 0 aromatic heterocycles. The molecule has 0 heterocycles. The van der Waals surface area contributed by atoms with Gasteiger partial charge in [0.15, 0.2) is 0 Å². The van der Waals surface area contributed by atoms with E-state index in [0.717, 1.165) is 71.5 Å². The van der Waals surface area contributed by atoms with Gasteiger partial charge in [0.1, 0.15) is 0 Å². The molecule has 1 aliphatic rings. The first kappa shape index (κ1) is 53.4. The van der Waals surface area contributed by atoms with Crippen LogP contribution in [0.3, 0.4) is 0 Å². The van der Waals surface area contributed by atoms with Gasteiger partial charge < -0.3 is 13.6 Å². The molecule has 9 heteroatoms. The van der Waals surface area contributed by atoms with E-state index in [2.05, 4.69) is 273 Å². The van der Waals surface area contributed by atoms with Crippen LogP contribution in [-0.4, -0.2) is 42.1 Å². The molecule has 1 aliphatic carbocycles. The summed E-state index contributed by atoms with van der Waals surface area (Å²) in [6, 6.07) is 104. The molecule has 0 radical (unpaired) electrons. The highest BCUT2D eigenvalue weighted by molar-refractivity contribution is 6.73. The SMILES string of the molecule is c1ccc(C[Si](Cc2ccccc2)(Cc2ccccc2)ON=C2CC(=NO[Si](Cc3ccccc3)(Cc3ccccc3)Cc3ccccc3)CC(=NO[Si](Cc3ccccc3)(Cc3ccccc3)Cc3ccccc3)C2)cc1. The zero-order valence-corrected chi connectivity index (χ0v) is 47.5. The first-order chi connectivity index (χ1) is 38.4. The molecule has 1 fully saturated rings. The summed E-state index contributed by atoms with van der Waals surface area (Å²) in [6.07, 6.45) is 1.50. The van der Waals surface area contributed by atoms with E-state index in [0.29, 0.717) is 19.3 Å². The third-order valence-electron chi connectivity index (χ3n) is 14.7. The smallest absolute Gasteiger partial charge is 0.300 e. The number of hydrogen-bond donors (Lipinski definition) is 0. The van der Waals surface area contributed by atoms with Crippen LogP contribution in [0.4, 0.5) is 0 Å². The Labute approximate surface area is 465 Å². The molecule has 9 aromatic rings. The molecule has 0 atom stereocenters. The van der Waals surface area contributed by atoms with E-state index in [1.165, 1.54) is 50.1 Å². The van der Waals surface area contributed by atoms with Gasteiger partial charge in [0.25, 0.3) is 25.0 Å². The molecule has 6 nitrogen and oxygen atoms in total. The van der Waals surface area contributed by atoms with Crippen molar-refractivity contribution in [1.82, 2.24) is 0 Å². The molecule has 78 heavy (non-hydrogen) atoms. The highest BCUT2D eigenvalue weighted by Gasteiger charge is 2.42. The number of hydrogen-bond acceptors (Lipinski definition) is 6. The maximum atomic E-state index is 7.40. The van der Waals surface area contributed by atoms with Crippen molar-refractivity contribution >= 4 is 42.1 Å². The lowest BCUT2D eigenvalue weighted by atomic mass is 9.95. The highest BCUT2D eigenvalue weighted by Crippen LogP contribution is 2.30. The van der Waals surface area contributed by atoms with Crippen molar-refractivity contribution in [3.63, 3.8) is 0 Å². The average molecular weight is 1070 g/mol. The van der Waals surface area contributed by atoms with E-state index < -0.39 is 25.0 Å². The predicted molar refractivity (Wildman–Crippen MR) is 328 cm³/mol. The van der Waals surface area contributed by atoms with Gasteiger partial charge in [0, 0.05) is 73.7 Å². The Morgan fingerprint density at radius 1 is 0.205 bits per heavy atom. The minimum absolute atomic E-state index is 0.499. The van der Waals surface area contributed by atoms with Crippen molar-refractivity contribution in [2.75, 3.05) is 0 Å². The molecule has 0 bridgehead atoms. The molecule has 0 unspecified atom stereocenters. The molecule has 1 saturated carbocycles. The van der Waals surface area contributed by atoms with Gasteiger partial charge in [-0.15, -0.1) is 15.5 Å². The Balaban J connectivity index is 1.08. The van der Waals surface area contributed by atoms with E-state index in [1.54, 1.807) is 0 Å². The maximum absolute atomic E-state index is 7.40. The van der Waals surface area contributed by atoms with E-state index in [9.17, 15) is 0 Å². The Bertz CT molecular complexity index is 2630. The summed E-state index contributed by atoms with van der Waals surface area (Å²) in [7, 11) is -8.46. The van der Waals surface area contributed by atoms with Crippen LogP contribution in [0.15, 0.2) is 288 Å². The van der Waals surface area contributed by atoms with Crippen molar-refractivity contribution in [1.29, 1.82) is 0 Å². The van der Waals surface area contributed by atoms with Crippen LogP contribution in [0, 0.1) is 0 Å². The minimum atomic E-state index is -2.82. The van der Waals surface area contributed by atoms with Crippen LogP contribution in [-0.2, 0) is 68.0 Å². The van der Waals surface area contributed by atoms with Gasteiger partial charge in [0.2, 0.25) is 0 Å². The Morgan fingerprint density at radius 3 is 0.462 bits per heavy atom. The molecule has 0 spiro atoms. The van der Waals surface area contributed by atoms with Crippen molar-refractivity contribution in [2.24, 2.45) is 15.5 Å². The molecule has 390 valence electrons. The topological polar surface area (TPSA) is 64.8 Å². The largest absolute Gasteiger partial charge is 0.454 e. The monoisotopic (exact) mass is 1070 g/mol. The van der Waals surface area contributed by atoms with Crippen LogP contribution >= 0.6 is 0 Å². The molecule has 0 amide bonds. The highest BCUT2D eigenvalue weighted by atomic mass is 28.4. The lowest BCUT2D eigenvalue weighted by molar-refractivity contribution is 0.309. The molecule has 0 N–H and O–H groups in total. The van der Waals surface area contributed by atoms with Crippen LogP contribution in [0.25, 0.3) is 0 Å². The van der Waals surface area contributed by atoms with Crippen LogP contribution in [0.1, 0.15) is 69.3 Å². The predicted octanol–water partition coefficient (Wildman–Crippen LogP) is 15.2. The van der Waals surface area contributed by atoms with Gasteiger partial charge in [-0.3, -0.25) is 0 Å². The summed E-state index contributed by atoms with van der Waals surface area (Å²) in [5.41, 5.74) is 13.9. The van der Waals surface area contributed by atoms with Crippen molar-refractivity contribution in [3.8, 4) is 0 Å². The molecular weight excluding hydrogens is 1000 g/mol. The van der Waals surface area contributed by atoms with Gasteiger partial charge in [-0.25, -0.2) is 0 Å². The zero-order valence-electron chi connectivity index (χ0n) is 44.5. The Morgan fingerprint density at radius 2 is 0.333 bits per heavy atom. The first-order valence-corrected chi connectivity index (χ1v) is 35.1. The van der Waals surface area contributed by atoms with E-state index in [4.69, 9.17) is 29.0 Å². The Kier molecular flexibility index (Phi) is 18.4. The van der Waals surface area contributed by atoms with Gasteiger partial charge in [0.05, 0.1) is 17.1 Å². The fourth-order valence-corrected chi connectivity index (χ4v) is 22.6. The summed E-state index contributed by atoms with van der Waals surface area (Å²) in [5.74, 6) is 0. The summed E-state index contributed by atoms with van der Waals surface area (Å²) >= 11 is 0. The second-order valence-electron chi connectivity index (χ2n) is 21.3. The van der Waals surface area contributed by atoms with Crippen LogP contribution in [0.5, 0.6) is 0 Å². The zero-order chi connectivity index (χ0) is 53.0. The van der Waals surface area contributed by atoms with Crippen molar-refractivity contribution in [2.45, 2.75) is 73.7 Å². The van der Waals surface area contributed by atoms with Gasteiger partial charge in [-0.1, -0.05) is 273 Å². The number of benzene rings is 9. The second kappa shape index (κ2) is 26.9. The molecule has 0 aliphatic heterocycles. The van der Waals surface area contributed by atoms with Crippen LogP contribution in [0.2, 0.25) is 0 Å². The second-order valence-corrected chi connectivity index (χ2v) is 32.1. The molecular formula is C69H69N3O3Si3. The quantitative estimate of drug-likeness (QED) is 0.0447. The lowest BCUT2D eigenvalue weighted by Crippen LogP contribution is -2.47. The van der Waals surface area contributed by atoms with Gasteiger partial charge in [-0.05, 0) is 50.1 Å². The summed E-state index contributed by atoms with van der Waals surface area (Å²) < 4.78 is 22.2. The molecule has 9 aromatic carbocycles. The number of oxime groups is 3. The van der Waals surface area contributed by atoms with Crippen LogP contribution < -0.4 is 0 Å². The van der Waals surface area contributed by atoms with Crippen molar-refractivity contribution < 1.29 is 13.6 Å². The maximum Gasteiger partial charge on any atom is 0.300 e. The average Bonchev–Trinajstić information content (AvgIpc) is 3.50. The standard InChI is InChI=1S/C69H69N3O3Si3/c1-10-28-58(29-11-1)49-76(50-59-30-12-2-13-31-59,51-60-32-14-3-15-33-60)73-70-67-46-68(71-74-77(52-61-34-16-4-17-35-61,53-62-36-18-5-19-37-62)54-63-38-20-6-21-39-63)48-69(47-67)72-75-78(55-64-40-22-7-23-41-64,56-65-42-24-8-25-43-65)57-66-44-26-9-27-45-66/h1-45H,46-57H2. The first-order valence-electron chi connectivity index (χ1n) is 27.5. The van der Waals surface area contributed by atoms with Gasteiger partial charge >= 0.3 is 0 Å². The van der Waals surface area contributed by atoms with Crippen molar-refractivity contribution in [3.05, 3.63) is 323 Å². The summed E-state index contributed by atoms with van der Waals surface area (Å²) in [5, 5.41) is 16.1. The fourth-order valence-electron chi connectivity index (χ4n) is 11.1. The number of rotatable bonds is 24. The summed E-state index contributed by atoms with van der Waals surface area (Å²) in [6.45, 7) is 0. The van der Waals surface area contributed by atoms with Gasteiger partial charge in [-0.2, -0.15) is 0 Å². The molecule has 10 rings (SSSR count). The Hall–Kier alpha value is -7.96. The van der Waals surface area contributed by atoms with E-state index in [1.807, 2.05) is 0 Å².